The summed E-state index contributed by atoms with van der Waals surface area (Å²) >= 11 is 6.79. The number of anilines is 1. The van der Waals surface area contributed by atoms with Crippen LogP contribution in [0, 0.1) is 5.82 Å². The number of benzene rings is 2. The van der Waals surface area contributed by atoms with Crippen LogP contribution >= 0.6 is 22.9 Å². The third kappa shape index (κ3) is 4.32. The summed E-state index contributed by atoms with van der Waals surface area (Å²) in [6.07, 6.45) is 0. The number of nitrogens with one attached hydrogen (secondary N) is 1. The molecule has 0 bridgehead atoms. The highest BCUT2D eigenvalue weighted by Crippen LogP contribution is 2.32. The Hall–Kier alpha value is -2.77. The molecule has 0 aliphatic carbocycles. The zero-order chi connectivity index (χ0) is 19.4. The third-order valence-electron chi connectivity index (χ3n) is 3.53. The van der Waals surface area contributed by atoms with Crippen LogP contribution in [0.25, 0.3) is 11.3 Å². The summed E-state index contributed by atoms with van der Waals surface area (Å²) in [7, 11) is 0. The molecule has 1 N–H and O–H groups in total. The Bertz CT molecular complexity index is 992. The summed E-state index contributed by atoms with van der Waals surface area (Å²) in [6.45, 7) is 1.91. The van der Waals surface area contributed by atoms with Crippen LogP contribution in [0.4, 0.5) is 9.52 Å². The molecule has 0 aliphatic rings. The van der Waals surface area contributed by atoms with Gasteiger partial charge in [-0.15, -0.1) is 0 Å². The van der Waals surface area contributed by atoms with Crippen LogP contribution in [0.1, 0.15) is 27.0 Å². The Kier molecular flexibility index (Phi) is 5.83. The first-order chi connectivity index (χ1) is 13.0. The predicted octanol–water partition coefficient (Wildman–Crippen LogP) is 5.03. The molecule has 0 saturated carbocycles. The monoisotopic (exact) mass is 404 g/mol. The molecule has 1 aromatic heterocycles. The van der Waals surface area contributed by atoms with Crippen molar-refractivity contribution in [2.24, 2.45) is 0 Å². The van der Waals surface area contributed by atoms with Crippen molar-refractivity contribution in [3.05, 3.63) is 69.8 Å². The molecule has 1 amide bonds. The van der Waals surface area contributed by atoms with Crippen LogP contribution in [0.15, 0.2) is 48.5 Å². The molecule has 0 spiro atoms. The number of aromatic nitrogens is 1. The molecule has 0 unspecified atom stereocenters. The number of esters is 1. The number of hydrogen-bond donors (Lipinski definition) is 1. The van der Waals surface area contributed by atoms with E-state index in [4.69, 9.17) is 16.3 Å². The van der Waals surface area contributed by atoms with E-state index < -0.39 is 17.7 Å². The fraction of sp³-hybridized carbons (Fsp3) is 0.105. The van der Waals surface area contributed by atoms with Crippen molar-refractivity contribution < 1.29 is 18.7 Å². The van der Waals surface area contributed by atoms with Gasteiger partial charge < -0.3 is 4.74 Å². The molecule has 3 rings (SSSR count). The first-order valence-corrected chi connectivity index (χ1v) is 9.18. The van der Waals surface area contributed by atoms with Gasteiger partial charge in [0.2, 0.25) is 0 Å². The van der Waals surface area contributed by atoms with Crippen molar-refractivity contribution in [2.45, 2.75) is 6.92 Å². The molecule has 8 heteroatoms. The predicted molar refractivity (Wildman–Crippen MR) is 103 cm³/mol. The minimum atomic E-state index is -0.709. The van der Waals surface area contributed by atoms with Crippen LogP contribution in [0.2, 0.25) is 5.02 Å². The van der Waals surface area contributed by atoms with Gasteiger partial charge in [0.1, 0.15) is 10.7 Å². The minimum absolute atomic E-state index is 0.154. The maximum absolute atomic E-state index is 13.9. The maximum atomic E-state index is 13.9. The fourth-order valence-electron chi connectivity index (χ4n) is 2.34. The second kappa shape index (κ2) is 8.28. The summed E-state index contributed by atoms with van der Waals surface area (Å²) < 4.78 is 19.0. The summed E-state index contributed by atoms with van der Waals surface area (Å²) in [6, 6.07) is 12.7. The van der Waals surface area contributed by atoms with Crippen LogP contribution in [-0.4, -0.2) is 23.5 Å². The van der Waals surface area contributed by atoms with Crippen molar-refractivity contribution >= 4 is 39.9 Å². The third-order valence-corrected chi connectivity index (χ3v) is 4.71. The Balaban J connectivity index is 1.95. The van der Waals surface area contributed by atoms with Gasteiger partial charge in [-0.2, -0.15) is 0 Å². The van der Waals surface area contributed by atoms with Crippen LogP contribution in [0.3, 0.4) is 0 Å². The van der Waals surface area contributed by atoms with E-state index in [0.717, 1.165) is 17.4 Å². The van der Waals surface area contributed by atoms with Crippen molar-refractivity contribution in [3.8, 4) is 11.3 Å². The summed E-state index contributed by atoms with van der Waals surface area (Å²) in [4.78, 5) is 29.2. The average Bonchev–Trinajstić information content (AvgIpc) is 3.08. The van der Waals surface area contributed by atoms with E-state index in [2.05, 4.69) is 10.3 Å². The highest BCUT2D eigenvalue weighted by atomic mass is 35.5. The lowest BCUT2D eigenvalue weighted by atomic mass is 10.1. The zero-order valence-corrected chi connectivity index (χ0v) is 15.7. The Morgan fingerprint density at radius 3 is 2.67 bits per heavy atom. The van der Waals surface area contributed by atoms with E-state index in [1.807, 2.05) is 18.2 Å². The molecular weight excluding hydrogens is 391 g/mol. The highest BCUT2D eigenvalue weighted by Gasteiger charge is 2.22. The van der Waals surface area contributed by atoms with Crippen molar-refractivity contribution in [3.63, 3.8) is 0 Å². The molecule has 2 aromatic carbocycles. The number of halogens is 2. The minimum Gasteiger partial charge on any atom is -0.462 e. The van der Waals surface area contributed by atoms with Crippen LogP contribution in [-0.2, 0) is 4.74 Å². The lowest BCUT2D eigenvalue weighted by molar-refractivity contribution is 0.0532. The number of nitrogens with zero attached hydrogens (tertiary/aromatic N) is 1. The van der Waals surface area contributed by atoms with E-state index in [-0.39, 0.29) is 27.2 Å². The smallest absolute Gasteiger partial charge is 0.350 e. The van der Waals surface area contributed by atoms with Gasteiger partial charge in [-0.25, -0.2) is 14.2 Å². The second-order valence-electron chi connectivity index (χ2n) is 5.36. The lowest BCUT2D eigenvalue weighted by Crippen LogP contribution is -2.13. The van der Waals surface area contributed by atoms with Crippen molar-refractivity contribution in [1.82, 2.24) is 4.98 Å². The fourth-order valence-corrected chi connectivity index (χ4v) is 3.38. The molecule has 0 aliphatic heterocycles. The zero-order valence-electron chi connectivity index (χ0n) is 14.2. The molecule has 1 heterocycles. The summed E-state index contributed by atoms with van der Waals surface area (Å²) in [5, 5.41) is 2.90. The van der Waals surface area contributed by atoms with E-state index in [0.29, 0.717) is 11.3 Å². The molecule has 5 nitrogen and oxygen atoms in total. The number of ether oxygens (including phenoxy) is 1. The lowest BCUT2D eigenvalue weighted by Gasteiger charge is -2.03. The van der Waals surface area contributed by atoms with Crippen molar-refractivity contribution in [2.75, 3.05) is 11.9 Å². The molecule has 0 fully saturated rings. The molecule has 138 valence electrons. The Labute approximate surface area is 163 Å². The molecule has 0 radical (unpaired) electrons. The van der Waals surface area contributed by atoms with E-state index >= 15 is 0 Å². The van der Waals surface area contributed by atoms with Gasteiger partial charge in [0.15, 0.2) is 5.13 Å². The topological polar surface area (TPSA) is 68.3 Å². The molecule has 0 atom stereocenters. The number of carbonyl (C=O) groups is 2. The van der Waals surface area contributed by atoms with Gasteiger partial charge in [-0.3, -0.25) is 10.1 Å². The van der Waals surface area contributed by atoms with Crippen LogP contribution in [0.5, 0.6) is 0 Å². The number of rotatable bonds is 5. The van der Waals surface area contributed by atoms with E-state index in [1.54, 1.807) is 19.1 Å². The van der Waals surface area contributed by atoms with Gasteiger partial charge in [0.25, 0.3) is 5.91 Å². The van der Waals surface area contributed by atoms with Gasteiger partial charge in [0.05, 0.1) is 17.9 Å². The maximum Gasteiger partial charge on any atom is 0.350 e. The van der Waals surface area contributed by atoms with E-state index in [1.165, 1.54) is 12.1 Å². The highest BCUT2D eigenvalue weighted by molar-refractivity contribution is 7.18. The normalized spacial score (nSPS) is 10.5. The summed E-state index contributed by atoms with van der Waals surface area (Å²) in [5.74, 6) is -1.95. The standard InChI is InChI=1S/C19H14ClFN2O3S/c1-2-26-18(25)16-15(11-6-4-3-5-7-11)22-19(27-16)23-17(24)13-10-12(20)8-9-14(13)21/h3-10H,2H2,1H3,(H,22,23,24). The largest absolute Gasteiger partial charge is 0.462 e. The Morgan fingerprint density at radius 1 is 1.22 bits per heavy atom. The van der Waals surface area contributed by atoms with Gasteiger partial charge in [0, 0.05) is 10.6 Å². The van der Waals surface area contributed by atoms with E-state index in [9.17, 15) is 14.0 Å². The van der Waals surface area contributed by atoms with Gasteiger partial charge in [-0.1, -0.05) is 53.3 Å². The summed E-state index contributed by atoms with van der Waals surface area (Å²) in [5.41, 5.74) is 0.879. The van der Waals surface area contributed by atoms with Crippen molar-refractivity contribution in [1.29, 1.82) is 0 Å². The first kappa shape index (κ1) is 19.0. The molecular formula is C19H14ClFN2O3S. The quantitative estimate of drug-likeness (QED) is 0.605. The average molecular weight is 405 g/mol. The number of amides is 1. The van der Waals surface area contributed by atoms with Crippen LogP contribution < -0.4 is 5.32 Å². The SMILES string of the molecule is CCOC(=O)c1sc(NC(=O)c2cc(Cl)ccc2F)nc1-c1ccccc1. The second-order valence-corrected chi connectivity index (χ2v) is 6.80. The number of carbonyl (C=O) groups excluding carboxylic acids is 2. The Morgan fingerprint density at radius 2 is 1.96 bits per heavy atom. The first-order valence-electron chi connectivity index (χ1n) is 7.99. The van der Waals surface area contributed by atoms with Gasteiger partial charge in [-0.05, 0) is 25.1 Å². The number of thiazole rings is 1. The number of hydrogen-bond acceptors (Lipinski definition) is 5. The molecule has 27 heavy (non-hydrogen) atoms. The van der Waals surface area contributed by atoms with Gasteiger partial charge >= 0.3 is 5.97 Å². The molecule has 0 saturated heterocycles. The molecule has 3 aromatic rings.